The van der Waals surface area contributed by atoms with Crippen molar-refractivity contribution in [1.82, 2.24) is 4.90 Å². The Morgan fingerprint density at radius 1 is 0.933 bits per heavy atom. The van der Waals surface area contributed by atoms with Gasteiger partial charge in [-0.1, -0.05) is 18.2 Å². The first-order valence-electron chi connectivity index (χ1n) is 10.8. The van der Waals surface area contributed by atoms with Crippen LogP contribution in [0.15, 0.2) is 42.5 Å². The summed E-state index contributed by atoms with van der Waals surface area (Å²) in [4.78, 5) is 17.6. The van der Waals surface area contributed by atoms with Crippen LogP contribution in [0, 0.1) is 0 Å². The van der Waals surface area contributed by atoms with Crippen LogP contribution in [0.3, 0.4) is 0 Å². The van der Waals surface area contributed by atoms with Crippen molar-refractivity contribution in [2.24, 2.45) is 0 Å². The summed E-state index contributed by atoms with van der Waals surface area (Å²) in [5, 5.41) is 0. The summed E-state index contributed by atoms with van der Waals surface area (Å²) in [6.07, 6.45) is 0. The zero-order valence-electron chi connectivity index (χ0n) is 18.4. The smallest absolute Gasteiger partial charge is 0.254 e. The molecule has 1 fully saturated rings. The molecular weight excluding hydrogens is 380 g/mol. The highest BCUT2D eigenvalue weighted by molar-refractivity contribution is 5.96. The minimum atomic E-state index is -0.0143. The van der Waals surface area contributed by atoms with E-state index in [2.05, 4.69) is 24.0 Å². The molecule has 1 saturated heterocycles. The molecule has 2 aromatic rings. The van der Waals surface area contributed by atoms with Crippen LogP contribution in [0.25, 0.3) is 0 Å². The summed E-state index contributed by atoms with van der Waals surface area (Å²) in [5.41, 5.74) is 1.75. The molecule has 1 amide bonds. The predicted octanol–water partition coefficient (Wildman–Crippen LogP) is 4.23. The lowest BCUT2D eigenvalue weighted by molar-refractivity contribution is 0.0725. The van der Waals surface area contributed by atoms with E-state index in [0.29, 0.717) is 55.7 Å². The first-order valence-corrected chi connectivity index (χ1v) is 10.8. The molecule has 0 bridgehead atoms. The van der Waals surface area contributed by atoms with Crippen molar-refractivity contribution in [3.05, 3.63) is 48.0 Å². The number of piperazine rings is 1. The van der Waals surface area contributed by atoms with Crippen LogP contribution in [0.1, 0.15) is 38.1 Å². The standard InChI is InChI=1S/C24H32N2O4/c1-5-28-21-15-19(16-22(29-6-2)23(21)30-7-3)24(27)25-13-14-26(18(4)17-25)20-11-9-8-10-12-20/h8-12,15-16,18H,5-7,13-14,17H2,1-4H3. The first kappa shape index (κ1) is 21.8. The van der Waals surface area contributed by atoms with Gasteiger partial charge in [-0.3, -0.25) is 4.79 Å². The Hall–Kier alpha value is -2.89. The first-order chi connectivity index (χ1) is 14.6. The maximum absolute atomic E-state index is 13.3. The fraction of sp³-hybridized carbons (Fsp3) is 0.458. The van der Waals surface area contributed by atoms with Crippen LogP contribution < -0.4 is 19.1 Å². The van der Waals surface area contributed by atoms with Gasteiger partial charge in [0.1, 0.15) is 0 Å². The Balaban J connectivity index is 1.82. The van der Waals surface area contributed by atoms with E-state index in [1.807, 2.05) is 43.9 Å². The third-order valence-corrected chi connectivity index (χ3v) is 5.16. The van der Waals surface area contributed by atoms with E-state index in [9.17, 15) is 4.79 Å². The molecule has 0 spiro atoms. The van der Waals surface area contributed by atoms with Gasteiger partial charge in [0.05, 0.1) is 19.8 Å². The number of amides is 1. The number of rotatable bonds is 8. The molecule has 2 aromatic carbocycles. The Morgan fingerprint density at radius 3 is 2.07 bits per heavy atom. The lowest BCUT2D eigenvalue weighted by Gasteiger charge is -2.41. The van der Waals surface area contributed by atoms with Crippen LogP contribution in [0.4, 0.5) is 5.69 Å². The monoisotopic (exact) mass is 412 g/mol. The summed E-state index contributed by atoms with van der Waals surface area (Å²) in [6, 6.07) is 14.1. The van der Waals surface area contributed by atoms with E-state index in [1.54, 1.807) is 12.1 Å². The largest absolute Gasteiger partial charge is 0.490 e. The van der Waals surface area contributed by atoms with Gasteiger partial charge in [0.15, 0.2) is 11.5 Å². The molecule has 1 atom stereocenters. The fourth-order valence-corrected chi connectivity index (χ4v) is 3.84. The second-order valence-corrected chi connectivity index (χ2v) is 7.23. The van der Waals surface area contributed by atoms with Gasteiger partial charge in [-0.15, -0.1) is 0 Å². The number of ether oxygens (including phenoxy) is 3. The van der Waals surface area contributed by atoms with Gasteiger partial charge in [-0.25, -0.2) is 0 Å². The van der Waals surface area contributed by atoms with Gasteiger partial charge >= 0.3 is 0 Å². The van der Waals surface area contributed by atoms with Crippen molar-refractivity contribution in [3.63, 3.8) is 0 Å². The molecule has 1 unspecified atom stereocenters. The number of nitrogens with zero attached hydrogens (tertiary/aromatic N) is 2. The molecule has 0 radical (unpaired) electrons. The van der Waals surface area contributed by atoms with Gasteiger partial charge in [0.2, 0.25) is 5.75 Å². The van der Waals surface area contributed by atoms with Gasteiger partial charge < -0.3 is 24.0 Å². The summed E-state index contributed by atoms with van der Waals surface area (Å²) in [7, 11) is 0. The molecule has 3 rings (SSSR count). The highest BCUT2D eigenvalue weighted by Crippen LogP contribution is 2.39. The van der Waals surface area contributed by atoms with Gasteiger partial charge in [0.25, 0.3) is 5.91 Å². The van der Waals surface area contributed by atoms with E-state index in [-0.39, 0.29) is 11.9 Å². The second-order valence-electron chi connectivity index (χ2n) is 7.23. The molecule has 162 valence electrons. The van der Waals surface area contributed by atoms with Crippen LogP contribution in [-0.4, -0.2) is 56.3 Å². The minimum Gasteiger partial charge on any atom is -0.490 e. The van der Waals surface area contributed by atoms with Gasteiger partial charge in [-0.05, 0) is 52.0 Å². The number of hydrogen-bond donors (Lipinski definition) is 0. The summed E-state index contributed by atoms with van der Waals surface area (Å²) < 4.78 is 17.3. The van der Waals surface area contributed by atoms with Crippen molar-refractivity contribution in [3.8, 4) is 17.2 Å². The van der Waals surface area contributed by atoms with Crippen LogP contribution in [-0.2, 0) is 0 Å². The van der Waals surface area contributed by atoms with Crippen molar-refractivity contribution in [2.75, 3.05) is 44.4 Å². The zero-order valence-corrected chi connectivity index (χ0v) is 18.4. The zero-order chi connectivity index (χ0) is 21.5. The third-order valence-electron chi connectivity index (χ3n) is 5.16. The summed E-state index contributed by atoms with van der Waals surface area (Å²) in [5.74, 6) is 1.63. The molecule has 0 aromatic heterocycles. The highest BCUT2D eigenvalue weighted by atomic mass is 16.5. The van der Waals surface area contributed by atoms with E-state index >= 15 is 0 Å². The lowest BCUT2D eigenvalue weighted by atomic mass is 10.1. The van der Waals surface area contributed by atoms with Crippen LogP contribution in [0.2, 0.25) is 0 Å². The van der Waals surface area contributed by atoms with E-state index in [0.717, 1.165) is 6.54 Å². The minimum absolute atomic E-state index is 0.0143. The lowest BCUT2D eigenvalue weighted by Crippen LogP contribution is -2.53. The SMILES string of the molecule is CCOc1cc(C(=O)N2CCN(c3ccccc3)C(C)C2)cc(OCC)c1OCC. The van der Waals surface area contributed by atoms with Crippen molar-refractivity contribution < 1.29 is 19.0 Å². The molecule has 30 heavy (non-hydrogen) atoms. The predicted molar refractivity (Wildman–Crippen MR) is 119 cm³/mol. The van der Waals surface area contributed by atoms with E-state index in [4.69, 9.17) is 14.2 Å². The highest BCUT2D eigenvalue weighted by Gasteiger charge is 2.29. The Kier molecular flexibility index (Phi) is 7.44. The molecule has 1 aliphatic heterocycles. The maximum atomic E-state index is 13.3. The third kappa shape index (κ3) is 4.81. The summed E-state index contributed by atoms with van der Waals surface area (Å²) >= 11 is 0. The van der Waals surface area contributed by atoms with Gasteiger partial charge in [-0.2, -0.15) is 0 Å². The van der Waals surface area contributed by atoms with E-state index in [1.165, 1.54) is 5.69 Å². The molecule has 1 aliphatic rings. The number of carbonyl (C=O) groups is 1. The van der Waals surface area contributed by atoms with Crippen LogP contribution in [0.5, 0.6) is 17.2 Å². The van der Waals surface area contributed by atoms with Crippen molar-refractivity contribution in [1.29, 1.82) is 0 Å². The maximum Gasteiger partial charge on any atom is 0.254 e. The number of carbonyl (C=O) groups excluding carboxylic acids is 1. The molecule has 0 saturated carbocycles. The number of hydrogen-bond acceptors (Lipinski definition) is 5. The fourth-order valence-electron chi connectivity index (χ4n) is 3.84. The normalized spacial score (nSPS) is 16.3. The van der Waals surface area contributed by atoms with E-state index < -0.39 is 0 Å². The number of anilines is 1. The second kappa shape index (κ2) is 10.2. The molecule has 0 aliphatic carbocycles. The molecule has 1 heterocycles. The Labute approximate surface area is 179 Å². The molecular formula is C24H32N2O4. The van der Waals surface area contributed by atoms with Crippen molar-refractivity contribution in [2.45, 2.75) is 33.7 Å². The Bertz CT molecular complexity index is 813. The number of benzene rings is 2. The van der Waals surface area contributed by atoms with Crippen LogP contribution >= 0.6 is 0 Å². The molecule has 6 heteroatoms. The molecule has 6 nitrogen and oxygen atoms in total. The topological polar surface area (TPSA) is 51.2 Å². The van der Waals surface area contributed by atoms with Gasteiger partial charge in [0, 0.05) is 36.9 Å². The quantitative estimate of drug-likeness (QED) is 0.649. The molecule has 0 N–H and O–H groups in total. The average Bonchev–Trinajstić information content (AvgIpc) is 2.76. The average molecular weight is 413 g/mol. The Morgan fingerprint density at radius 2 is 1.53 bits per heavy atom. The summed E-state index contributed by atoms with van der Waals surface area (Å²) in [6.45, 7) is 11.5. The number of para-hydroxylation sites is 1. The van der Waals surface area contributed by atoms with Crippen molar-refractivity contribution >= 4 is 11.6 Å².